The lowest BCUT2D eigenvalue weighted by Gasteiger charge is -2.34. The van der Waals surface area contributed by atoms with Crippen LogP contribution in [0, 0.1) is 6.92 Å². The molecular formula is C19H30N4O2. The third-order valence-corrected chi connectivity index (χ3v) is 4.06. The summed E-state index contributed by atoms with van der Waals surface area (Å²) >= 11 is 0. The highest BCUT2D eigenvalue weighted by Gasteiger charge is 2.21. The molecule has 0 atom stereocenters. The van der Waals surface area contributed by atoms with Crippen LogP contribution in [0.1, 0.15) is 31.9 Å². The third kappa shape index (κ3) is 7.23. The number of carbonyl (C=O) groups is 2. The van der Waals surface area contributed by atoms with Crippen molar-refractivity contribution in [2.75, 3.05) is 32.7 Å². The number of piperazine rings is 1. The van der Waals surface area contributed by atoms with E-state index in [0.717, 1.165) is 32.7 Å². The van der Waals surface area contributed by atoms with Crippen LogP contribution >= 0.6 is 0 Å². The van der Waals surface area contributed by atoms with Crippen LogP contribution in [0.25, 0.3) is 0 Å². The summed E-state index contributed by atoms with van der Waals surface area (Å²) in [5.41, 5.74) is 2.25. The summed E-state index contributed by atoms with van der Waals surface area (Å²) in [5, 5.41) is 5.13. The summed E-state index contributed by atoms with van der Waals surface area (Å²) in [7, 11) is 0. The van der Waals surface area contributed by atoms with E-state index in [-0.39, 0.29) is 18.0 Å². The highest BCUT2D eigenvalue weighted by molar-refractivity contribution is 5.95. The zero-order chi connectivity index (χ0) is 18.4. The number of imide groups is 1. The first-order valence-corrected chi connectivity index (χ1v) is 8.83. The van der Waals surface area contributed by atoms with E-state index in [1.165, 1.54) is 11.1 Å². The molecule has 3 amide bonds. The van der Waals surface area contributed by atoms with Gasteiger partial charge in [-0.05, 0) is 33.3 Å². The van der Waals surface area contributed by atoms with Crippen molar-refractivity contribution in [3.8, 4) is 0 Å². The molecule has 2 N–H and O–H groups in total. The lowest BCUT2D eigenvalue weighted by atomic mass is 10.1. The second kappa shape index (κ2) is 8.45. The zero-order valence-electron chi connectivity index (χ0n) is 15.8. The number of amides is 3. The van der Waals surface area contributed by atoms with Crippen LogP contribution in [0.2, 0.25) is 0 Å². The van der Waals surface area contributed by atoms with Crippen molar-refractivity contribution in [3.63, 3.8) is 0 Å². The van der Waals surface area contributed by atoms with Gasteiger partial charge in [0.25, 0.3) is 0 Å². The Morgan fingerprint density at radius 1 is 1.08 bits per heavy atom. The van der Waals surface area contributed by atoms with Crippen molar-refractivity contribution in [3.05, 3.63) is 35.4 Å². The van der Waals surface area contributed by atoms with Crippen LogP contribution in [0.3, 0.4) is 0 Å². The van der Waals surface area contributed by atoms with E-state index >= 15 is 0 Å². The maximum Gasteiger partial charge on any atom is 0.321 e. The fourth-order valence-corrected chi connectivity index (χ4v) is 2.92. The molecule has 6 nitrogen and oxygen atoms in total. The van der Waals surface area contributed by atoms with Crippen LogP contribution < -0.4 is 10.6 Å². The number of hydrogen-bond acceptors (Lipinski definition) is 4. The number of carbonyl (C=O) groups excluding carboxylic acids is 2. The second-order valence-corrected chi connectivity index (χ2v) is 7.79. The highest BCUT2D eigenvalue weighted by atomic mass is 16.2. The quantitative estimate of drug-likeness (QED) is 0.872. The van der Waals surface area contributed by atoms with Crippen molar-refractivity contribution in [2.45, 2.75) is 39.8 Å². The van der Waals surface area contributed by atoms with Crippen LogP contribution in [-0.2, 0) is 11.3 Å². The normalized spacial score (nSPS) is 16.5. The van der Waals surface area contributed by atoms with Crippen molar-refractivity contribution in [1.82, 2.24) is 20.4 Å². The van der Waals surface area contributed by atoms with Gasteiger partial charge in [-0.15, -0.1) is 0 Å². The molecule has 0 unspecified atom stereocenters. The maximum atomic E-state index is 12.0. The van der Waals surface area contributed by atoms with E-state index < -0.39 is 6.03 Å². The minimum absolute atomic E-state index is 0.256. The van der Waals surface area contributed by atoms with Crippen molar-refractivity contribution in [2.24, 2.45) is 0 Å². The summed E-state index contributed by atoms with van der Waals surface area (Å²) in [6, 6.07) is 8.13. The van der Waals surface area contributed by atoms with Gasteiger partial charge in [-0.1, -0.05) is 29.8 Å². The average Bonchev–Trinajstić information content (AvgIpc) is 2.47. The molecule has 0 saturated carbocycles. The topological polar surface area (TPSA) is 64.7 Å². The molecule has 1 saturated heterocycles. The molecule has 6 heteroatoms. The Morgan fingerprint density at radius 2 is 1.72 bits per heavy atom. The Bertz CT molecular complexity index is 602. The van der Waals surface area contributed by atoms with Crippen molar-refractivity contribution in [1.29, 1.82) is 0 Å². The van der Waals surface area contributed by atoms with Gasteiger partial charge in [-0.2, -0.15) is 0 Å². The molecule has 1 heterocycles. The van der Waals surface area contributed by atoms with Gasteiger partial charge in [0.15, 0.2) is 0 Å². The number of urea groups is 1. The van der Waals surface area contributed by atoms with E-state index in [0.29, 0.717) is 0 Å². The van der Waals surface area contributed by atoms with Crippen LogP contribution in [0.5, 0.6) is 0 Å². The Labute approximate surface area is 150 Å². The number of nitrogens with zero attached hydrogens (tertiary/aromatic N) is 2. The third-order valence-electron chi connectivity index (χ3n) is 4.06. The van der Waals surface area contributed by atoms with Gasteiger partial charge in [-0.25, -0.2) is 4.79 Å². The summed E-state index contributed by atoms with van der Waals surface area (Å²) in [5.74, 6) is -0.256. The number of nitrogens with one attached hydrogen (secondary N) is 2. The number of benzene rings is 1. The molecule has 138 valence electrons. The van der Waals surface area contributed by atoms with E-state index in [1.807, 2.05) is 20.8 Å². The molecule has 25 heavy (non-hydrogen) atoms. The largest absolute Gasteiger partial charge is 0.333 e. The molecule has 1 fully saturated rings. The number of aryl methyl sites for hydroxylation is 1. The summed E-state index contributed by atoms with van der Waals surface area (Å²) in [6.07, 6.45) is 0. The summed E-state index contributed by atoms with van der Waals surface area (Å²) in [6.45, 7) is 12.5. The standard InChI is InChI=1S/C19H30N4O2/c1-15-6-5-7-16(12-15)13-22-8-10-23(11-9-22)14-17(24)20-18(25)21-19(2,3)4/h5-7,12H,8-11,13-14H2,1-4H3,(H2,20,21,24,25). The summed E-state index contributed by atoms with van der Waals surface area (Å²) in [4.78, 5) is 28.2. The SMILES string of the molecule is Cc1cccc(CN2CCN(CC(=O)NC(=O)NC(C)(C)C)CC2)c1. The molecule has 0 spiro atoms. The molecule has 1 aromatic rings. The zero-order valence-corrected chi connectivity index (χ0v) is 15.8. The Balaban J connectivity index is 1.71. The van der Waals surface area contributed by atoms with Gasteiger partial charge in [0.2, 0.25) is 5.91 Å². The van der Waals surface area contributed by atoms with Crippen molar-refractivity contribution < 1.29 is 9.59 Å². The van der Waals surface area contributed by atoms with E-state index in [4.69, 9.17) is 0 Å². The summed E-state index contributed by atoms with van der Waals surface area (Å²) < 4.78 is 0. The predicted octanol–water partition coefficient (Wildman–Crippen LogP) is 1.74. The second-order valence-electron chi connectivity index (χ2n) is 7.79. The molecule has 0 bridgehead atoms. The van der Waals surface area contributed by atoms with Gasteiger partial charge in [0.05, 0.1) is 6.54 Å². The predicted molar refractivity (Wildman–Crippen MR) is 99.3 cm³/mol. The monoisotopic (exact) mass is 346 g/mol. The van der Waals surface area contributed by atoms with E-state index in [2.05, 4.69) is 51.6 Å². The maximum absolute atomic E-state index is 12.0. The molecule has 0 aromatic heterocycles. The molecule has 0 aliphatic carbocycles. The van der Waals surface area contributed by atoms with E-state index in [9.17, 15) is 9.59 Å². The molecule has 1 aliphatic heterocycles. The van der Waals surface area contributed by atoms with Crippen molar-refractivity contribution >= 4 is 11.9 Å². The molecule has 1 aliphatic rings. The van der Waals surface area contributed by atoms with E-state index in [1.54, 1.807) is 0 Å². The first-order valence-electron chi connectivity index (χ1n) is 8.83. The lowest BCUT2D eigenvalue weighted by Crippen LogP contribution is -2.52. The van der Waals surface area contributed by atoms with Gasteiger partial charge >= 0.3 is 6.03 Å². The highest BCUT2D eigenvalue weighted by Crippen LogP contribution is 2.10. The fourth-order valence-electron chi connectivity index (χ4n) is 2.92. The minimum atomic E-state index is -0.435. The minimum Gasteiger partial charge on any atom is -0.333 e. The molecule has 1 aromatic carbocycles. The smallest absolute Gasteiger partial charge is 0.321 e. The Kier molecular flexibility index (Phi) is 6.56. The first kappa shape index (κ1) is 19.4. The molecular weight excluding hydrogens is 316 g/mol. The molecule has 2 rings (SSSR count). The lowest BCUT2D eigenvalue weighted by molar-refractivity contribution is -0.121. The first-order chi connectivity index (χ1) is 11.7. The van der Waals surface area contributed by atoms with Crippen LogP contribution in [0.15, 0.2) is 24.3 Å². The molecule has 0 radical (unpaired) electrons. The Morgan fingerprint density at radius 3 is 2.32 bits per heavy atom. The fraction of sp³-hybridized carbons (Fsp3) is 0.579. The number of hydrogen-bond donors (Lipinski definition) is 2. The Hall–Kier alpha value is -1.92. The van der Waals surface area contributed by atoms with Gasteiger partial charge in [0.1, 0.15) is 0 Å². The number of rotatable bonds is 4. The van der Waals surface area contributed by atoms with Gasteiger partial charge in [-0.3, -0.25) is 19.9 Å². The average molecular weight is 346 g/mol. The van der Waals surface area contributed by atoms with Crippen LogP contribution in [-0.4, -0.2) is 60.0 Å². The van der Waals surface area contributed by atoms with Gasteiger partial charge < -0.3 is 5.32 Å². The van der Waals surface area contributed by atoms with Crippen LogP contribution in [0.4, 0.5) is 4.79 Å². The van der Waals surface area contributed by atoms with Gasteiger partial charge in [0, 0.05) is 38.3 Å².